The summed E-state index contributed by atoms with van der Waals surface area (Å²) in [7, 11) is -4.49. The van der Waals surface area contributed by atoms with Gasteiger partial charge in [-0.25, -0.2) is 26.7 Å². The van der Waals surface area contributed by atoms with Crippen molar-refractivity contribution in [2.45, 2.75) is 18.7 Å². The van der Waals surface area contributed by atoms with Gasteiger partial charge in [-0.05, 0) is 26.0 Å². The second-order valence-electron chi connectivity index (χ2n) is 4.90. The van der Waals surface area contributed by atoms with Gasteiger partial charge >= 0.3 is 5.97 Å². The van der Waals surface area contributed by atoms with Crippen LogP contribution in [0.5, 0.6) is 0 Å². The van der Waals surface area contributed by atoms with Gasteiger partial charge in [0.2, 0.25) is 10.0 Å². The van der Waals surface area contributed by atoms with E-state index in [1.54, 1.807) is 0 Å². The van der Waals surface area contributed by atoms with Crippen LogP contribution in [0.1, 0.15) is 24.2 Å². The van der Waals surface area contributed by atoms with Crippen LogP contribution in [0.3, 0.4) is 0 Å². The first-order chi connectivity index (χ1) is 9.50. The van der Waals surface area contributed by atoms with E-state index in [1.807, 2.05) is 10.8 Å². The summed E-state index contributed by atoms with van der Waals surface area (Å²) in [6.07, 6.45) is 0. The molecule has 0 spiro atoms. The maximum atomic E-state index is 13.6. The highest BCUT2D eigenvalue weighted by atomic mass is 32.2. The van der Waals surface area contributed by atoms with E-state index in [4.69, 9.17) is 10.4 Å². The third kappa shape index (κ3) is 3.96. The zero-order chi connectivity index (χ0) is 16.4. The fraction of sp³-hybridized carbons (Fsp3) is 0.333. The summed E-state index contributed by atoms with van der Waals surface area (Å²) >= 11 is 0. The van der Waals surface area contributed by atoms with E-state index >= 15 is 0 Å². The van der Waals surface area contributed by atoms with E-state index < -0.39 is 43.5 Å². The number of nitriles is 1. The Labute approximate surface area is 120 Å². The molecule has 9 heteroatoms. The van der Waals surface area contributed by atoms with Gasteiger partial charge < -0.3 is 5.11 Å². The van der Waals surface area contributed by atoms with E-state index in [2.05, 4.69) is 0 Å². The predicted octanol–water partition coefficient (Wildman–Crippen LogP) is 1.49. The van der Waals surface area contributed by atoms with Crippen LogP contribution in [-0.2, 0) is 10.0 Å². The third-order valence-electron chi connectivity index (χ3n) is 2.54. The minimum Gasteiger partial charge on any atom is -0.478 e. The third-order valence-corrected chi connectivity index (χ3v) is 3.94. The summed E-state index contributed by atoms with van der Waals surface area (Å²) in [6.45, 7) is 2.55. The quantitative estimate of drug-likeness (QED) is 0.855. The van der Waals surface area contributed by atoms with Gasteiger partial charge in [0.1, 0.15) is 4.90 Å². The molecule has 1 aromatic carbocycles. The lowest BCUT2D eigenvalue weighted by Crippen LogP contribution is -2.33. The zero-order valence-corrected chi connectivity index (χ0v) is 12.0. The predicted molar refractivity (Wildman–Crippen MR) is 67.9 cm³/mol. The average Bonchev–Trinajstić information content (AvgIpc) is 2.39. The molecule has 0 aliphatic carbocycles. The molecule has 0 unspecified atom stereocenters. The summed E-state index contributed by atoms with van der Waals surface area (Å²) in [5.74, 6) is -4.86. The van der Waals surface area contributed by atoms with Crippen molar-refractivity contribution in [2.75, 3.05) is 6.54 Å². The zero-order valence-electron chi connectivity index (χ0n) is 11.1. The molecule has 1 rings (SSSR count). The molecule has 0 aromatic heterocycles. The molecule has 114 valence electrons. The summed E-state index contributed by atoms with van der Waals surface area (Å²) in [6, 6.07) is 2.73. The summed E-state index contributed by atoms with van der Waals surface area (Å²) < 4.78 is 52.7. The molecule has 0 heterocycles. The molecule has 0 saturated heterocycles. The normalized spacial score (nSPS) is 12.0. The molecule has 1 aromatic rings. The number of nitrogens with zero attached hydrogens (tertiary/aromatic N) is 1. The number of hydrogen-bond acceptors (Lipinski definition) is 4. The van der Waals surface area contributed by atoms with E-state index in [-0.39, 0.29) is 6.54 Å². The summed E-state index contributed by atoms with van der Waals surface area (Å²) in [5.41, 5.74) is -1.76. The fourth-order valence-electron chi connectivity index (χ4n) is 1.28. The molecule has 21 heavy (non-hydrogen) atoms. The average molecular weight is 318 g/mol. The fourth-order valence-corrected chi connectivity index (χ4v) is 2.60. The summed E-state index contributed by atoms with van der Waals surface area (Å²) in [4.78, 5) is 9.64. The number of aromatic carboxylic acids is 1. The lowest BCUT2D eigenvalue weighted by molar-refractivity contribution is 0.0696. The van der Waals surface area contributed by atoms with Crippen LogP contribution in [0.15, 0.2) is 17.0 Å². The van der Waals surface area contributed by atoms with E-state index in [1.165, 1.54) is 13.8 Å². The Balaban J connectivity index is 3.26. The van der Waals surface area contributed by atoms with Crippen molar-refractivity contribution < 1.29 is 27.1 Å². The highest BCUT2D eigenvalue weighted by molar-refractivity contribution is 7.89. The number of carboxylic acid groups (broad SMARTS) is 1. The maximum Gasteiger partial charge on any atom is 0.335 e. The number of carboxylic acids is 1. The Morgan fingerprint density at radius 2 is 2.00 bits per heavy atom. The van der Waals surface area contributed by atoms with Crippen LogP contribution in [-0.4, -0.2) is 26.0 Å². The van der Waals surface area contributed by atoms with Crippen molar-refractivity contribution in [3.63, 3.8) is 0 Å². The van der Waals surface area contributed by atoms with Crippen LogP contribution in [0, 0.1) is 28.4 Å². The van der Waals surface area contributed by atoms with Crippen molar-refractivity contribution in [1.82, 2.24) is 4.72 Å². The standard InChI is InChI=1S/C12H12F2N2O4S/c1-12(2,5-15)6-16-21(19,20)9-4-7(11(17)18)3-8(13)10(9)14/h3-4,16H,6H2,1-2H3,(H,17,18). The molecular formula is C12H12F2N2O4S. The van der Waals surface area contributed by atoms with Crippen LogP contribution in [0.4, 0.5) is 8.78 Å². The number of carbonyl (C=O) groups is 1. The largest absolute Gasteiger partial charge is 0.478 e. The van der Waals surface area contributed by atoms with Gasteiger partial charge in [0, 0.05) is 6.54 Å². The molecule has 0 saturated carbocycles. The van der Waals surface area contributed by atoms with Crippen LogP contribution in [0.25, 0.3) is 0 Å². The minimum atomic E-state index is -4.49. The maximum absolute atomic E-state index is 13.6. The second kappa shape index (κ2) is 5.75. The first-order valence-electron chi connectivity index (χ1n) is 5.63. The molecule has 0 aliphatic heterocycles. The Hall–Kier alpha value is -2.05. The highest BCUT2D eigenvalue weighted by Gasteiger charge is 2.27. The van der Waals surface area contributed by atoms with Gasteiger partial charge in [-0.1, -0.05) is 0 Å². The van der Waals surface area contributed by atoms with E-state index in [0.29, 0.717) is 12.1 Å². The second-order valence-corrected chi connectivity index (χ2v) is 6.63. The van der Waals surface area contributed by atoms with Gasteiger partial charge in [0.05, 0.1) is 17.0 Å². The van der Waals surface area contributed by atoms with Crippen molar-refractivity contribution >= 4 is 16.0 Å². The first-order valence-corrected chi connectivity index (χ1v) is 7.12. The van der Waals surface area contributed by atoms with Crippen molar-refractivity contribution in [2.24, 2.45) is 5.41 Å². The monoisotopic (exact) mass is 318 g/mol. The van der Waals surface area contributed by atoms with Crippen LogP contribution < -0.4 is 4.72 Å². The van der Waals surface area contributed by atoms with Crippen LogP contribution in [0.2, 0.25) is 0 Å². The first kappa shape index (κ1) is 17.0. The number of hydrogen-bond donors (Lipinski definition) is 2. The molecule has 0 aliphatic rings. The van der Waals surface area contributed by atoms with Gasteiger partial charge in [0.25, 0.3) is 0 Å². The van der Waals surface area contributed by atoms with Crippen LogP contribution >= 0.6 is 0 Å². The Morgan fingerprint density at radius 3 is 2.48 bits per heavy atom. The Morgan fingerprint density at radius 1 is 1.43 bits per heavy atom. The van der Waals surface area contributed by atoms with E-state index in [9.17, 15) is 22.0 Å². The minimum absolute atomic E-state index is 0.343. The molecular weight excluding hydrogens is 306 g/mol. The molecule has 0 atom stereocenters. The molecule has 6 nitrogen and oxygen atoms in total. The molecule has 0 amide bonds. The summed E-state index contributed by atoms with van der Waals surface area (Å²) in [5, 5.41) is 17.5. The number of rotatable bonds is 5. The molecule has 0 fully saturated rings. The lowest BCUT2D eigenvalue weighted by atomic mass is 9.97. The topological polar surface area (TPSA) is 107 Å². The highest BCUT2D eigenvalue weighted by Crippen LogP contribution is 2.21. The van der Waals surface area contributed by atoms with Crippen molar-refractivity contribution in [1.29, 1.82) is 5.26 Å². The molecule has 0 bridgehead atoms. The number of benzene rings is 1. The van der Waals surface area contributed by atoms with E-state index in [0.717, 1.165) is 0 Å². The Bertz CT molecular complexity index is 724. The van der Waals surface area contributed by atoms with Gasteiger partial charge in [-0.2, -0.15) is 5.26 Å². The van der Waals surface area contributed by atoms with Gasteiger partial charge in [0.15, 0.2) is 11.6 Å². The molecule has 2 N–H and O–H groups in total. The number of sulfonamides is 1. The Kier molecular flexibility index (Phi) is 4.65. The molecule has 0 radical (unpaired) electrons. The van der Waals surface area contributed by atoms with Crippen molar-refractivity contribution in [3.05, 3.63) is 29.3 Å². The number of halogens is 2. The van der Waals surface area contributed by atoms with Crippen molar-refractivity contribution in [3.8, 4) is 6.07 Å². The van der Waals surface area contributed by atoms with Gasteiger partial charge in [-0.3, -0.25) is 0 Å². The van der Waals surface area contributed by atoms with Gasteiger partial charge in [-0.15, -0.1) is 0 Å². The lowest BCUT2D eigenvalue weighted by Gasteiger charge is -2.16. The number of nitrogens with one attached hydrogen (secondary N) is 1. The SMILES string of the molecule is CC(C)(C#N)CNS(=O)(=O)c1cc(C(=O)O)cc(F)c1F. The smallest absolute Gasteiger partial charge is 0.335 e.